The number of benzene rings is 2. The monoisotopic (exact) mass is 279 g/mol. The molecule has 2 aromatic carbocycles. The Bertz CT molecular complexity index is 670. The van der Waals surface area contributed by atoms with Crippen molar-refractivity contribution in [2.45, 2.75) is 13.1 Å². The van der Waals surface area contributed by atoms with Crippen LogP contribution in [0.5, 0.6) is 11.5 Å². The summed E-state index contributed by atoms with van der Waals surface area (Å²) in [6, 6.07) is 12.6. The smallest absolute Gasteiger partial charge is 0.415 e. The van der Waals surface area contributed by atoms with Gasteiger partial charge in [-0.2, -0.15) is 0 Å². The van der Waals surface area contributed by atoms with Crippen molar-refractivity contribution in [1.82, 2.24) is 4.90 Å². The molecule has 1 aliphatic heterocycles. The molecule has 0 N–H and O–H groups in total. The van der Waals surface area contributed by atoms with E-state index in [4.69, 9.17) is 17.3 Å². The van der Waals surface area contributed by atoms with Crippen molar-refractivity contribution in [2.75, 3.05) is 7.11 Å². The first-order valence-electron chi connectivity index (χ1n) is 6.64. The second-order valence-electron chi connectivity index (χ2n) is 4.93. The van der Waals surface area contributed by atoms with E-state index in [1.807, 2.05) is 18.2 Å². The Morgan fingerprint density at radius 1 is 1.05 bits per heavy atom. The van der Waals surface area contributed by atoms with Crippen molar-refractivity contribution in [2.24, 2.45) is 0 Å². The van der Waals surface area contributed by atoms with Gasteiger partial charge in [0.2, 0.25) is 0 Å². The predicted molar refractivity (Wildman–Crippen MR) is 80.1 cm³/mol. The molecule has 0 aliphatic carbocycles. The van der Waals surface area contributed by atoms with Crippen molar-refractivity contribution >= 4 is 19.4 Å². The van der Waals surface area contributed by atoms with Crippen LogP contribution in [0, 0.1) is 0 Å². The lowest BCUT2D eigenvalue weighted by atomic mass is 9.97. The van der Waals surface area contributed by atoms with E-state index in [1.54, 1.807) is 36.3 Å². The van der Waals surface area contributed by atoms with Gasteiger partial charge >= 0.3 is 6.09 Å². The van der Waals surface area contributed by atoms with E-state index in [1.165, 1.54) is 0 Å². The minimum atomic E-state index is -0.366. The summed E-state index contributed by atoms with van der Waals surface area (Å²) in [7, 11) is 7.23. The molecular formula is C16H14BNO3. The average Bonchev–Trinajstić information content (AvgIpc) is 2.92. The zero-order chi connectivity index (χ0) is 14.8. The Labute approximate surface area is 124 Å². The second kappa shape index (κ2) is 5.52. The number of hydrogen-bond acceptors (Lipinski definition) is 3. The molecule has 1 heterocycles. The minimum absolute atomic E-state index is 0.366. The van der Waals surface area contributed by atoms with Crippen LogP contribution in [0.15, 0.2) is 42.5 Å². The van der Waals surface area contributed by atoms with Crippen molar-refractivity contribution < 1.29 is 14.3 Å². The largest absolute Gasteiger partial charge is 0.497 e. The fraction of sp³-hybridized carbons (Fsp3) is 0.188. The molecule has 0 saturated heterocycles. The van der Waals surface area contributed by atoms with Crippen molar-refractivity contribution in [3.8, 4) is 11.5 Å². The summed E-state index contributed by atoms with van der Waals surface area (Å²) in [6.45, 7) is 1.08. The molecule has 0 saturated carbocycles. The first-order valence-corrected chi connectivity index (χ1v) is 6.64. The highest BCUT2D eigenvalue weighted by Gasteiger charge is 2.25. The molecule has 21 heavy (non-hydrogen) atoms. The van der Waals surface area contributed by atoms with Gasteiger partial charge in [-0.15, -0.1) is 0 Å². The number of ether oxygens (including phenoxy) is 2. The molecule has 0 bridgehead atoms. The van der Waals surface area contributed by atoms with E-state index in [-0.39, 0.29) is 6.09 Å². The van der Waals surface area contributed by atoms with Crippen LogP contribution in [0.4, 0.5) is 4.79 Å². The van der Waals surface area contributed by atoms with Gasteiger partial charge in [-0.3, -0.25) is 4.90 Å². The van der Waals surface area contributed by atoms with Gasteiger partial charge in [0.05, 0.1) is 7.11 Å². The van der Waals surface area contributed by atoms with Crippen molar-refractivity contribution in [3.63, 3.8) is 0 Å². The summed E-state index contributed by atoms with van der Waals surface area (Å²) in [5, 5.41) is 0. The Balaban J connectivity index is 1.69. The molecule has 0 atom stereocenters. The average molecular weight is 279 g/mol. The van der Waals surface area contributed by atoms with E-state index in [0.717, 1.165) is 16.9 Å². The summed E-state index contributed by atoms with van der Waals surface area (Å²) in [5.74, 6) is 1.28. The molecule has 4 nitrogen and oxygen atoms in total. The summed E-state index contributed by atoms with van der Waals surface area (Å²) in [6.07, 6.45) is -0.366. The summed E-state index contributed by atoms with van der Waals surface area (Å²) in [4.78, 5) is 13.8. The third-order valence-electron chi connectivity index (χ3n) is 3.48. The van der Waals surface area contributed by atoms with Crippen LogP contribution in [0.25, 0.3) is 0 Å². The Morgan fingerprint density at radius 2 is 1.71 bits per heavy atom. The van der Waals surface area contributed by atoms with E-state index in [2.05, 4.69) is 0 Å². The summed E-state index contributed by atoms with van der Waals surface area (Å²) < 4.78 is 10.5. The molecule has 0 fully saturated rings. The maximum Gasteiger partial charge on any atom is 0.415 e. The van der Waals surface area contributed by atoms with E-state index < -0.39 is 0 Å². The Hall–Kier alpha value is -2.43. The molecule has 3 rings (SSSR count). The lowest BCUT2D eigenvalue weighted by Crippen LogP contribution is -2.28. The molecule has 1 amide bonds. The molecule has 104 valence electrons. The van der Waals surface area contributed by atoms with Gasteiger partial charge in [-0.05, 0) is 35.4 Å². The van der Waals surface area contributed by atoms with Crippen LogP contribution >= 0.6 is 0 Å². The number of fused-ring (bicyclic) bond motifs is 1. The molecule has 1 aliphatic rings. The molecule has 2 radical (unpaired) electrons. The van der Waals surface area contributed by atoms with Gasteiger partial charge in [-0.25, -0.2) is 4.79 Å². The maximum atomic E-state index is 12.2. The molecule has 0 unspecified atom stereocenters. The number of nitrogens with zero attached hydrogens (tertiary/aromatic N) is 1. The number of carbonyl (C=O) groups excluding carboxylic acids is 1. The fourth-order valence-electron chi connectivity index (χ4n) is 2.33. The third-order valence-corrected chi connectivity index (χ3v) is 3.48. The lowest BCUT2D eigenvalue weighted by Gasteiger charge is -2.15. The number of carbonyl (C=O) groups is 1. The Morgan fingerprint density at radius 3 is 2.43 bits per heavy atom. The summed E-state index contributed by atoms with van der Waals surface area (Å²) >= 11 is 0. The third kappa shape index (κ3) is 2.87. The van der Waals surface area contributed by atoms with Gasteiger partial charge in [0.15, 0.2) is 0 Å². The maximum absolute atomic E-state index is 12.2. The van der Waals surface area contributed by atoms with Crippen LogP contribution in [0.1, 0.15) is 11.1 Å². The van der Waals surface area contributed by atoms with E-state index in [0.29, 0.717) is 24.3 Å². The quantitative estimate of drug-likeness (QED) is 0.789. The fourth-order valence-corrected chi connectivity index (χ4v) is 2.33. The van der Waals surface area contributed by atoms with Gasteiger partial charge in [0.25, 0.3) is 0 Å². The molecule has 2 aromatic rings. The van der Waals surface area contributed by atoms with Gasteiger partial charge < -0.3 is 9.47 Å². The highest BCUT2D eigenvalue weighted by atomic mass is 16.6. The van der Waals surface area contributed by atoms with Crippen molar-refractivity contribution in [1.29, 1.82) is 0 Å². The number of amides is 1. The zero-order valence-corrected chi connectivity index (χ0v) is 11.7. The minimum Gasteiger partial charge on any atom is -0.497 e. The van der Waals surface area contributed by atoms with E-state index >= 15 is 0 Å². The normalized spacial score (nSPS) is 12.9. The van der Waals surface area contributed by atoms with Crippen molar-refractivity contribution in [3.05, 3.63) is 53.6 Å². The highest BCUT2D eigenvalue weighted by Crippen LogP contribution is 2.27. The zero-order valence-electron chi connectivity index (χ0n) is 11.7. The number of hydrogen-bond donors (Lipinski definition) is 0. The van der Waals surface area contributed by atoms with Crippen LogP contribution in [0.3, 0.4) is 0 Å². The topological polar surface area (TPSA) is 38.8 Å². The first-order chi connectivity index (χ1) is 10.2. The van der Waals surface area contributed by atoms with Gasteiger partial charge in [-0.1, -0.05) is 23.7 Å². The Kier molecular flexibility index (Phi) is 3.56. The number of rotatable bonds is 2. The lowest BCUT2D eigenvalue weighted by molar-refractivity contribution is 0.152. The van der Waals surface area contributed by atoms with Crippen LogP contribution in [-0.4, -0.2) is 25.9 Å². The molecule has 0 spiro atoms. The van der Waals surface area contributed by atoms with E-state index in [9.17, 15) is 4.79 Å². The predicted octanol–water partition coefficient (Wildman–Crippen LogP) is 2.00. The standard InChI is InChI=1S/C16H14BNO3/c1-20-15-5-2-11-9-18(10-12(11)8-15)16(19)21-14-6-3-13(17)4-7-14/h2-8H,9-10H2,1H3. The summed E-state index contributed by atoms with van der Waals surface area (Å²) in [5.41, 5.74) is 2.84. The molecular weight excluding hydrogens is 265 g/mol. The first kappa shape index (κ1) is 13.6. The highest BCUT2D eigenvalue weighted by molar-refractivity contribution is 6.32. The SMILES string of the molecule is [B]c1ccc(OC(=O)N2Cc3ccc(OC)cc3C2)cc1. The van der Waals surface area contributed by atoms with Gasteiger partial charge in [0.1, 0.15) is 19.3 Å². The van der Waals surface area contributed by atoms with Gasteiger partial charge in [0, 0.05) is 13.1 Å². The van der Waals surface area contributed by atoms with Crippen LogP contribution < -0.4 is 14.9 Å². The molecule has 5 heteroatoms. The second-order valence-corrected chi connectivity index (χ2v) is 4.93. The van der Waals surface area contributed by atoms with Crippen LogP contribution in [0.2, 0.25) is 0 Å². The number of methoxy groups -OCH3 is 1. The van der Waals surface area contributed by atoms with Crippen LogP contribution in [-0.2, 0) is 13.1 Å². The molecule has 0 aromatic heterocycles.